The number of amides is 1. The van der Waals surface area contributed by atoms with E-state index in [0.717, 1.165) is 5.56 Å². The maximum atomic E-state index is 12.4. The molecule has 1 heterocycles. The molecule has 2 aromatic carbocycles. The highest BCUT2D eigenvalue weighted by Gasteiger charge is 2.13. The van der Waals surface area contributed by atoms with Crippen molar-refractivity contribution in [2.45, 2.75) is 6.92 Å². The zero-order valence-corrected chi connectivity index (χ0v) is 14.4. The third-order valence-corrected chi connectivity index (χ3v) is 3.81. The average molecular weight is 361 g/mol. The Morgan fingerprint density at radius 1 is 1.22 bits per heavy atom. The smallest absolute Gasteiger partial charge is 0.292 e. The summed E-state index contributed by atoms with van der Waals surface area (Å²) in [5.41, 5.74) is 3.52. The number of nitriles is 1. The first-order valence-electron chi connectivity index (χ1n) is 8.02. The minimum Gasteiger partial charge on any atom is -0.479 e. The summed E-state index contributed by atoms with van der Waals surface area (Å²) < 4.78 is 5.19. The molecule has 0 radical (unpaired) electrons. The maximum absolute atomic E-state index is 12.4. The Kier molecular flexibility index (Phi) is 5.23. The van der Waals surface area contributed by atoms with Crippen molar-refractivity contribution in [1.82, 2.24) is 15.6 Å². The SMILES string of the molecule is C/C(=N/NC(=O)c1n[nH]c(=O)c2ccccc12)c1ccc(OCC#N)cc1. The van der Waals surface area contributed by atoms with Crippen molar-refractivity contribution < 1.29 is 9.53 Å². The van der Waals surface area contributed by atoms with Crippen LogP contribution in [0.4, 0.5) is 0 Å². The van der Waals surface area contributed by atoms with Gasteiger partial charge in [-0.2, -0.15) is 15.5 Å². The Labute approximate surface area is 154 Å². The van der Waals surface area contributed by atoms with Crippen molar-refractivity contribution in [3.05, 3.63) is 70.1 Å². The maximum Gasteiger partial charge on any atom is 0.292 e. The number of aromatic amines is 1. The van der Waals surface area contributed by atoms with Gasteiger partial charge in [-0.15, -0.1) is 0 Å². The lowest BCUT2D eigenvalue weighted by molar-refractivity contribution is 0.0950. The van der Waals surface area contributed by atoms with Gasteiger partial charge >= 0.3 is 0 Å². The molecular weight excluding hydrogens is 346 g/mol. The zero-order chi connectivity index (χ0) is 19.2. The molecule has 3 aromatic rings. The van der Waals surface area contributed by atoms with Crippen molar-refractivity contribution in [3.8, 4) is 11.8 Å². The van der Waals surface area contributed by atoms with Gasteiger partial charge in [0, 0.05) is 5.39 Å². The van der Waals surface area contributed by atoms with E-state index in [1.807, 2.05) is 6.07 Å². The molecule has 0 unspecified atom stereocenters. The number of aromatic nitrogens is 2. The molecule has 0 saturated heterocycles. The molecule has 2 N–H and O–H groups in total. The molecule has 0 bridgehead atoms. The fraction of sp³-hybridized carbons (Fsp3) is 0.105. The van der Waals surface area contributed by atoms with E-state index >= 15 is 0 Å². The Morgan fingerprint density at radius 3 is 2.63 bits per heavy atom. The third-order valence-electron chi connectivity index (χ3n) is 3.81. The molecular formula is C19H15N5O3. The van der Waals surface area contributed by atoms with E-state index < -0.39 is 5.91 Å². The summed E-state index contributed by atoms with van der Waals surface area (Å²) in [5, 5.41) is 19.6. The fourth-order valence-electron chi connectivity index (χ4n) is 2.45. The molecule has 8 nitrogen and oxygen atoms in total. The van der Waals surface area contributed by atoms with Crippen molar-refractivity contribution in [2.75, 3.05) is 6.61 Å². The number of ether oxygens (including phenoxy) is 1. The highest BCUT2D eigenvalue weighted by molar-refractivity contribution is 6.06. The van der Waals surface area contributed by atoms with Gasteiger partial charge in [0.05, 0.1) is 11.1 Å². The van der Waals surface area contributed by atoms with Gasteiger partial charge in [-0.25, -0.2) is 10.5 Å². The lowest BCUT2D eigenvalue weighted by Crippen LogP contribution is -2.23. The summed E-state index contributed by atoms with van der Waals surface area (Å²) in [6.07, 6.45) is 0. The lowest BCUT2D eigenvalue weighted by Gasteiger charge is -2.06. The van der Waals surface area contributed by atoms with Gasteiger partial charge in [0.15, 0.2) is 12.3 Å². The number of nitrogens with zero attached hydrogens (tertiary/aromatic N) is 3. The second-order valence-electron chi connectivity index (χ2n) is 5.56. The molecule has 3 rings (SSSR count). The summed E-state index contributed by atoms with van der Waals surface area (Å²) in [7, 11) is 0. The number of rotatable bonds is 5. The molecule has 0 fully saturated rings. The number of hydrazone groups is 1. The predicted octanol–water partition coefficient (Wildman–Crippen LogP) is 1.98. The Morgan fingerprint density at radius 2 is 1.93 bits per heavy atom. The highest BCUT2D eigenvalue weighted by Crippen LogP contribution is 2.14. The Hall–Kier alpha value is -3.99. The van der Waals surface area contributed by atoms with E-state index in [1.165, 1.54) is 0 Å². The summed E-state index contributed by atoms with van der Waals surface area (Å²) in [4.78, 5) is 24.2. The van der Waals surface area contributed by atoms with Crippen LogP contribution >= 0.6 is 0 Å². The predicted molar refractivity (Wildman–Crippen MR) is 99.6 cm³/mol. The van der Waals surface area contributed by atoms with E-state index in [9.17, 15) is 9.59 Å². The number of hydrogen-bond acceptors (Lipinski definition) is 6. The largest absolute Gasteiger partial charge is 0.479 e. The molecule has 8 heteroatoms. The number of carbonyl (C=O) groups excluding carboxylic acids is 1. The molecule has 134 valence electrons. The van der Waals surface area contributed by atoms with Crippen molar-refractivity contribution in [3.63, 3.8) is 0 Å². The number of fused-ring (bicyclic) bond motifs is 1. The van der Waals surface area contributed by atoms with Gasteiger partial charge in [-0.1, -0.05) is 18.2 Å². The summed E-state index contributed by atoms with van der Waals surface area (Å²) >= 11 is 0. The van der Waals surface area contributed by atoms with Crippen molar-refractivity contribution in [2.24, 2.45) is 5.10 Å². The summed E-state index contributed by atoms with van der Waals surface area (Å²) in [6.45, 7) is 1.71. The number of carbonyl (C=O) groups is 1. The number of hydrogen-bond donors (Lipinski definition) is 2. The van der Waals surface area contributed by atoms with Crippen LogP contribution in [0.25, 0.3) is 10.8 Å². The van der Waals surface area contributed by atoms with Gasteiger partial charge in [-0.05, 0) is 42.8 Å². The molecule has 0 spiro atoms. The molecule has 0 aliphatic carbocycles. The molecule has 1 amide bonds. The molecule has 0 aliphatic rings. The number of benzene rings is 2. The molecule has 0 saturated carbocycles. The molecule has 27 heavy (non-hydrogen) atoms. The Bertz CT molecular complexity index is 1110. The first kappa shape index (κ1) is 17.8. The van der Waals surface area contributed by atoms with Crippen molar-refractivity contribution in [1.29, 1.82) is 5.26 Å². The van der Waals surface area contributed by atoms with Gasteiger partial charge in [0.1, 0.15) is 11.8 Å². The minimum absolute atomic E-state index is 0.0252. The van der Waals surface area contributed by atoms with E-state index in [1.54, 1.807) is 55.5 Å². The first-order chi connectivity index (χ1) is 13.1. The molecule has 0 aliphatic heterocycles. The monoisotopic (exact) mass is 361 g/mol. The van der Waals surface area contributed by atoms with Crippen LogP contribution in [0, 0.1) is 11.3 Å². The Balaban J connectivity index is 1.78. The van der Waals surface area contributed by atoms with Gasteiger partial charge in [-0.3, -0.25) is 9.59 Å². The van der Waals surface area contributed by atoms with Crippen LogP contribution in [-0.2, 0) is 0 Å². The van der Waals surface area contributed by atoms with Crippen LogP contribution in [0.5, 0.6) is 5.75 Å². The highest BCUT2D eigenvalue weighted by atomic mass is 16.5. The lowest BCUT2D eigenvalue weighted by atomic mass is 10.1. The van der Waals surface area contributed by atoms with E-state index in [4.69, 9.17) is 10.00 Å². The van der Waals surface area contributed by atoms with E-state index in [2.05, 4.69) is 20.7 Å². The van der Waals surface area contributed by atoms with Crippen molar-refractivity contribution >= 4 is 22.4 Å². The fourth-order valence-corrected chi connectivity index (χ4v) is 2.45. The summed E-state index contributed by atoms with van der Waals surface area (Å²) in [6, 6.07) is 15.6. The number of nitrogens with one attached hydrogen (secondary N) is 2. The van der Waals surface area contributed by atoms with Gasteiger partial charge in [0.25, 0.3) is 11.5 Å². The molecule has 1 aromatic heterocycles. The van der Waals surface area contributed by atoms with Crippen LogP contribution in [0.1, 0.15) is 23.0 Å². The first-order valence-corrected chi connectivity index (χ1v) is 8.02. The van der Waals surface area contributed by atoms with E-state index in [0.29, 0.717) is 22.2 Å². The van der Waals surface area contributed by atoms with Crippen LogP contribution in [0.15, 0.2) is 58.4 Å². The topological polar surface area (TPSA) is 120 Å². The minimum atomic E-state index is -0.532. The van der Waals surface area contributed by atoms with Crippen LogP contribution < -0.4 is 15.7 Å². The van der Waals surface area contributed by atoms with Crippen LogP contribution in [0.3, 0.4) is 0 Å². The van der Waals surface area contributed by atoms with E-state index in [-0.39, 0.29) is 17.9 Å². The third kappa shape index (κ3) is 3.99. The number of H-pyrrole nitrogens is 1. The standard InChI is InChI=1S/C19H15N5O3/c1-12(13-6-8-14(9-7-13)27-11-10-20)21-24-19(26)17-15-4-2-3-5-16(15)18(25)23-22-17/h2-9H,11H2,1H3,(H,23,25)(H,24,26)/b21-12-. The van der Waals surface area contributed by atoms with Crippen LogP contribution in [-0.4, -0.2) is 28.4 Å². The molecule has 0 atom stereocenters. The van der Waals surface area contributed by atoms with Gasteiger partial charge in [0.2, 0.25) is 0 Å². The second kappa shape index (κ2) is 7.93. The zero-order valence-electron chi connectivity index (χ0n) is 14.4. The average Bonchev–Trinajstić information content (AvgIpc) is 2.71. The van der Waals surface area contributed by atoms with Gasteiger partial charge < -0.3 is 4.74 Å². The second-order valence-corrected chi connectivity index (χ2v) is 5.56. The van der Waals surface area contributed by atoms with Crippen LogP contribution in [0.2, 0.25) is 0 Å². The summed E-state index contributed by atoms with van der Waals surface area (Å²) in [5.74, 6) is 0.0387. The quantitative estimate of drug-likeness (QED) is 0.532. The normalized spacial score (nSPS) is 11.0.